The Morgan fingerprint density at radius 1 is 1.41 bits per heavy atom. The Morgan fingerprint density at radius 2 is 2.14 bits per heavy atom. The zero-order valence-corrected chi connectivity index (χ0v) is 12.8. The average molecular weight is 305 g/mol. The minimum atomic E-state index is -0.510. The van der Waals surface area contributed by atoms with Crippen LogP contribution in [0.15, 0.2) is 30.3 Å². The summed E-state index contributed by atoms with van der Waals surface area (Å²) in [5.41, 5.74) is 6.56. The lowest BCUT2D eigenvalue weighted by atomic mass is 10.1. The lowest BCUT2D eigenvalue weighted by Crippen LogP contribution is -2.52. The minimum Gasteiger partial charge on any atom is -0.445 e. The second kappa shape index (κ2) is 7.79. The molecule has 6 nitrogen and oxygen atoms in total. The summed E-state index contributed by atoms with van der Waals surface area (Å²) < 4.78 is 5.20. The predicted octanol–water partition coefficient (Wildman–Crippen LogP) is 1.25. The van der Waals surface area contributed by atoms with Crippen LogP contribution in [0.4, 0.5) is 4.79 Å². The zero-order valence-electron chi connectivity index (χ0n) is 12.8. The van der Waals surface area contributed by atoms with Gasteiger partial charge in [-0.25, -0.2) is 4.79 Å². The number of nitrogens with one attached hydrogen (secondary N) is 1. The van der Waals surface area contributed by atoms with Gasteiger partial charge in [-0.15, -0.1) is 0 Å². The molecule has 1 unspecified atom stereocenters. The predicted molar refractivity (Wildman–Crippen MR) is 83.0 cm³/mol. The Balaban J connectivity index is 1.77. The van der Waals surface area contributed by atoms with Crippen molar-refractivity contribution in [3.8, 4) is 0 Å². The molecule has 120 valence electrons. The number of carbonyl (C=O) groups is 2. The zero-order chi connectivity index (χ0) is 15.9. The topological polar surface area (TPSA) is 84.7 Å². The molecular weight excluding hydrogens is 282 g/mol. The van der Waals surface area contributed by atoms with Crippen LogP contribution in [0.2, 0.25) is 0 Å². The summed E-state index contributed by atoms with van der Waals surface area (Å²) in [6, 6.07) is 8.91. The third kappa shape index (κ3) is 4.73. The fourth-order valence-electron chi connectivity index (χ4n) is 2.51. The molecule has 1 aliphatic heterocycles. The van der Waals surface area contributed by atoms with Crippen LogP contribution in [-0.2, 0) is 16.1 Å². The van der Waals surface area contributed by atoms with Crippen molar-refractivity contribution in [2.75, 3.05) is 13.1 Å². The van der Waals surface area contributed by atoms with Crippen molar-refractivity contribution in [2.24, 2.45) is 5.73 Å². The normalized spacial score (nSPS) is 19.4. The van der Waals surface area contributed by atoms with Crippen LogP contribution in [0, 0.1) is 0 Å². The van der Waals surface area contributed by atoms with E-state index in [1.54, 1.807) is 11.8 Å². The summed E-state index contributed by atoms with van der Waals surface area (Å²) in [5.74, 6) is -0.0795. The van der Waals surface area contributed by atoms with Gasteiger partial charge in [0.15, 0.2) is 0 Å². The van der Waals surface area contributed by atoms with Crippen LogP contribution in [0.25, 0.3) is 0 Å². The van der Waals surface area contributed by atoms with Gasteiger partial charge >= 0.3 is 6.09 Å². The number of ether oxygens (including phenoxy) is 1. The highest BCUT2D eigenvalue weighted by atomic mass is 16.5. The average Bonchev–Trinajstić information content (AvgIpc) is 2.53. The number of benzene rings is 1. The quantitative estimate of drug-likeness (QED) is 0.877. The van der Waals surface area contributed by atoms with E-state index in [2.05, 4.69) is 5.32 Å². The van der Waals surface area contributed by atoms with Gasteiger partial charge in [0.05, 0.1) is 6.04 Å². The van der Waals surface area contributed by atoms with E-state index in [0.717, 1.165) is 18.4 Å². The van der Waals surface area contributed by atoms with Crippen molar-refractivity contribution in [3.63, 3.8) is 0 Å². The van der Waals surface area contributed by atoms with Crippen molar-refractivity contribution in [3.05, 3.63) is 35.9 Å². The number of hydrogen-bond donors (Lipinski definition) is 2. The standard InChI is InChI=1S/C16H23N3O3/c1-12(17)15(20)19-9-5-8-14(10-19)18-16(21)22-11-13-6-3-2-4-7-13/h2-4,6-7,12,14H,5,8-11,17H2,1H3,(H,18,21)/t12-,14?/m0/s1. The van der Waals surface area contributed by atoms with E-state index in [4.69, 9.17) is 10.5 Å². The van der Waals surface area contributed by atoms with Gasteiger partial charge in [0.2, 0.25) is 5.91 Å². The first-order chi connectivity index (χ1) is 10.6. The highest BCUT2D eigenvalue weighted by Crippen LogP contribution is 2.11. The summed E-state index contributed by atoms with van der Waals surface area (Å²) in [7, 11) is 0. The molecule has 0 bridgehead atoms. The lowest BCUT2D eigenvalue weighted by Gasteiger charge is -2.33. The largest absolute Gasteiger partial charge is 0.445 e. The first-order valence-corrected chi connectivity index (χ1v) is 7.58. The van der Waals surface area contributed by atoms with Crippen LogP contribution in [0.5, 0.6) is 0 Å². The summed E-state index contributed by atoms with van der Waals surface area (Å²) >= 11 is 0. The van der Waals surface area contributed by atoms with Crippen LogP contribution >= 0.6 is 0 Å². The molecular formula is C16H23N3O3. The summed E-state index contributed by atoms with van der Waals surface area (Å²) in [6.45, 7) is 3.09. The fraction of sp³-hybridized carbons (Fsp3) is 0.500. The number of carbonyl (C=O) groups excluding carboxylic acids is 2. The third-order valence-corrected chi connectivity index (χ3v) is 3.66. The number of piperidine rings is 1. The molecule has 1 heterocycles. The van der Waals surface area contributed by atoms with Gasteiger partial charge in [-0.05, 0) is 25.3 Å². The summed E-state index contributed by atoms with van der Waals surface area (Å²) in [5, 5.41) is 2.82. The van der Waals surface area contributed by atoms with E-state index >= 15 is 0 Å². The second-order valence-corrected chi connectivity index (χ2v) is 5.62. The molecule has 2 atom stereocenters. The molecule has 0 saturated carbocycles. The molecule has 0 radical (unpaired) electrons. The van der Waals surface area contributed by atoms with Gasteiger partial charge in [0.1, 0.15) is 6.61 Å². The fourth-order valence-corrected chi connectivity index (χ4v) is 2.51. The molecule has 2 amide bonds. The molecule has 1 fully saturated rings. The van der Waals surface area contributed by atoms with Crippen LogP contribution in [0.3, 0.4) is 0 Å². The molecule has 0 spiro atoms. The van der Waals surface area contributed by atoms with E-state index < -0.39 is 12.1 Å². The number of nitrogens with two attached hydrogens (primary N) is 1. The van der Waals surface area contributed by atoms with Gasteiger partial charge in [-0.2, -0.15) is 0 Å². The second-order valence-electron chi connectivity index (χ2n) is 5.62. The highest BCUT2D eigenvalue weighted by Gasteiger charge is 2.26. The molecule has 1 aromatic carbocycles. The number of likely N-dealkylation sites (tertiary alicyclic amines) is 1. The van der Waals surface area contributed by atoms with Crippen molar-refractivity contribution in [1.29, 1.82) is 0 Å². The first kappa shape index (κ1) is 16.3. The Labute approximate surface area is 130 Å². The third-order valence-electron chi connectivity index (χ3n) is 3.66. The lowest BCUT2D eigenvalue weighted by molar-refractivity contribution is -0.133. The van der Waals surface area contributed by atoms with E-state index in [0.29, 0.717) is 13.1 Å². The van der Waals surface area contributed by atoms with Gasteiger partial charge in [-0.1, -0.05) is 30.3 Å². The summed E-state index contributed by atoms with van der Waals surface area (Å²) in [4.78, 5) is 25.4. The molecule has 0 aromatic heterocycles. The molecule has 6 heteroatoms. The van der Waals surface area contributed by atoms with Gasteiger partial charge in [0, 0.05) is 19.1 Å². The molecule has 1 saturated heterocycles. The number of alkyl carbamates (subject to hydrolysis) is 1. The van der Waals surface area contributed by atoms with Gasteiger partial charge in [-0.3, -0.25) is 4.79 Å². The highest BCUT2D eigenvalue weighted by molar-refractivity contribution is 5.81. The SMILES string of the molecule is C[C@H](N)C(=O)N1CCCC(NC(=O)OCc2ccccc2)C1. The minimum absolute atomic E-state index is 0.0795. The number of nitrogens with zero attached hydrogens (tertiary/aromatic N) is 1. The van der Waals surface area contributed by atoms with Gasteiger partial charge in [0.25, 0.3) is 0 Å². The van der Waals surface area contributed by atoms with Crippen LogP contribution in [-0.4, -0.2) is 42.1 Å². The number of amides is 2. The maximum atomic E-state index is 11.9. The maximum Gasteiger partial charge on any atom is 0.407 e. The van der Waals surface area contributed by atoms with E-state index in [-0.39, 0.29) is 18.6 Å². The Kier molecular flexibility index (Phi) is 5.77. The first-order valence-electron chi connectivity index (χ1n) is 7.58. The molecule has 1 aromatic rings. The monoisotopic (exact) mass is 305 g/mol. The van der Waals surface area contributed by atoms with Crippen molar-refractivity contribution in [1.82, 2.24) is 10.2 Å². The Morgan fingerprint density at radius 3 is 2.82 bits per heavy atom. The number of rotatable bonds is 4. The molecule has 3 N–H and O–H groups in total. The van der Waals surface area contributed by atoms with E-state index in [1.165, 1.54) is 0 Å². The molecule has 0 aliphatic carbocycles. The smallest absolute Gasteiger partial charge is 0.407 e. The van der Waals surface area contributed by atoms with Crippen LogP contribution in [0.1, 0.15) is 25.3 Å². The Hall–Kier alpha value is -2.08. The molecule has 1 aliphatic rings. The molecule has 22 heavy (non-hydrogen) atoms. The molecule has 2 rings (SSSR count). The van der Waals surface area contributed by atoms with Crippen molar-refractivity contribution in [2.45, 2.75) is 38.5 Å². The number of hydrogen-bond acceptors (Lipinski definition) is 4. The van der Waals surface area contributed by atoms with E-state index in [9.17, 15) is 9.59 Å². The van der Waals surface area contributed by atoms with Crippen LogP contribution < -0.4 is 11.1 Å². The van der Waals surface area contributed by atoms with Gasteiger partial charge < -0.3 is 20.7 Å². The maximum absolute atomic E-state index is 11.9. The van der Waals surface area contributed by atoms with E-state index in [1.807, 2.05) is 30.3 Å². The van der Waals surface area contributed by atoms with Crippen molar-refractivity contribution < 1.29 is 14.3 Å². The Bertz CT molecular complexity index is 505. The van der Waals surface area contributed by atoms with Crippen molar-refractivity contribution >= 4 is 12.0 Å². The summed E-state index contributed by atoms with van der Waals surface area (Å²) in [6.07, 6.45) is 1.23.